The van der Waals surface area contributed by atoms with Gasteiger partial charge in [0.05, 0.1) is 6.10 Å². The van der Waals surface area contributed by atoms with E-state index in [1.54, 1.807) is 13.1 Å². The Hall–Kier alpha value is -1.69. The van der Waals surface area contributed by atoms with E-state index in [1.807, 2.05) is 11.8 Å². The smallest absolute Gasteiger partial charge is 0.274 e. The first-order valence-electron chi connectivity index (χ1n) is 9.50. The quantitative estimate of drug-likeness (QED) is 0.792. The summed E-state index contributed by atoms with van der Waals surface area (Å²) >= 11 is 0. The van der Waals surface area contributed by atoms with E-state index in [0.29, 0.717) is 12.2 Å². The third-order valence-electron chi connectivity index (χ3n) is 5.93. The van der Waals surface area contributed by atoms with Gasteiger partial charge in [-0.2, -0.15) is 5.10 Å². The van der Waals surface area contributed by atoms with Gasteiger partial charge in [0, 0.05) is 37.7 Å². The Bertz CT molecular complexity index is 679. The molecule has 0 aromatic carbocycles. The van der Waals surface area contributed by atoms with Crippen LogP contribution in [0.15, 0.2) is 16.9 Å². The predicted molar refractivity (Wildman–Crippen MR) is 95.5 cm³/mol. The Morgan fingerprint density at radius 2 is 2.08 bits per heavy atom. The van der Waals surface area contributed by atoms with Crippen LogP contribution in [-0.2, 0) is 11.8 Å². The molecule has 2 fully saturated rings. The summed E-state index contributed by atoms with van der Waals surface area (Å²) in [4.78, 5) is 26.7. The molecule has 2 aliphatic carbocycles. The maximum Gasteiger partial charge on any atom is 0.274 e. The lowest BCUT2D eigenvalue weighted by Crippen LogP contribution is -2.65. The molecule has 0 aliphatic heterocycles. The number of hydrogen-bond acceptors (Lipinski definition) is 4. The standard InChI is InChI=1S/C19H29N3O3/c1-4-12-22(18(24)14-8-9-17(23)21(3)20-14)15-13-16(25-5-2)19(15)10-6-7-11-19/h8-9,15-16H,4-7,10-13H2,1-3H3. The number of aromatic nitrogens is 2. The SMILES string of the molecule is CCCN(C(=O)c1ccc(=O)n(C)n1)C1CC(OCC)C12CCCC2. The van der Waals surface area contributed by atoms with E-state index in [0.717, 1.165) is 32.3 Å². The van der Waals surface area contributed by atoms with E-state index in [9.17, 15) is 9.59 Å². The van der Waals surface area contributed by atoms with Crippen molar-refractivity contribution in [2.24, 2.45) is 12.5 Å². The molecule has 3 rings (SSSR count). The van der Waals surface area contributed by atoms with Crippen LogP contribution in [0.5, 0.6) is 0 Å². The van der Waals surface area contributed by atoms with Crippen molar-refractivity contribution in [3.63, 3.8) is 0 Å². The second-order valence-corrected chi connectivity index (χ2v) is 7.31. The van der Waals surface area contributed by atoms with Crippen molar-refractivity contribution in [2.45, 2.75) is 64.5 Å². The van der Waals surface area contributed by atoms with Crippen molar-refractivity contribution in [3.05, 3.63) is 28.2 Å². The lowest BCUT2D eigenvalue weighted by Gasteiger charge is -2.57. The number of carbonyl (C=O) groups is 1. The van der Waals surface area contributed by atoms with Gasteiger partial charge in [0.25, 0.3) is 11.5 Å². The van der Waals surface area contributed by atoms with Crippen LogP contribution in [0.3, 0.4) is 0 Å². The van der Waals surface area contributed by atoms with Crippen LogP contribution < -0.4 is 5.56 Å². The molecule has 1 amide bonds. The molecule has 0 radical (unpaired) electrons. The van der Waals surface area contributed by atoms with Gasteiger partial charge >= 0.3 is 0 Å². The molecule has 1 aromatic heterocycles. The van der Waals surface area contributed by atoms with Gasteiger partial charge in [0.2, 0.25) is 0 Å². The molecule has 0 N–H and O–H groups in total. The van der Waals surface area contributed by atoms with Crippen LogP contribution >= 0.6 is 0 Å². The van der Waals surface area contributed by atoms with E-state index in [-0.39, 0.29) is 29.0 Å². The van der Waals surface area contributed by atoms with E-state index >= 15 is 0 Å². The Balaban J connectivity index is 1.86. The zero-order valence-corrected chi connectivity index (χ0v) is 15.5. The van der Waals surface area contributed by atoms with Crippen LogP contribution in [0.25, 0.3) is 0 Å². The minimum atomic E-state index is -0.203. The summed E-state index contributed by atoms with van der Waals surface area (Å²) in [6, 6.07) is 3.19. The fraction of sp³-hybridized carbons (Fsp3) is 0.737. The average Bonchev–Trinajstić information content (AvgIpc) is 3.11. The largest absolute Gasteiger partial charge is 0.378 e. The Kier molecular flexibility index (Phi) is 5.27. The Labute approximate surface area is 149 Å². The molecular formula is C19H29N3O3. The van der Waals surface area contributed by atoms with Gasteiger partial charge in [-0.25, -0.2) is 4.68 Å². The number of carbonyl (C=O) groups excluding carboxylic acids is 1. The number of amides is 1. The third-order valence-corrected chi connectivity index (χ3v) is 5.93. The summed E-state index contributed by atoms with van der Waals surface area (Å²) in [6.07, 6.45) is 6.78. The molecule has 2 aliphatic rings. The average molecular weight is 347 g/mol. The number of aryl methyl sites for hydroxylation is 1. The van der Waals surface area contributed by atoms with Crippen LogP contribution in [0.2, 0.25) is 0 Å². The molecule has 2 saturated carbocycles. The van der Waals surface area contributed by atoms with E-state index in [2.05, 4.69) is 12.0 Å². The number of ether oxygens (including phenoxy) is 1. The van der Waals surface area contributed by atoms with E-state index in [4.69, 9.17) is 4.74 Å². The Morgan fingerprint density at radius 1 is 1.36 bits per heavy atom. The topological polar surface area (TPSA) is 64.4 Å². The van der Waals surface area contributed by atoms with Gasteiger partial charge in [-0.15, -0.1) is 0 Å². The van der Waals surface area contributed by atoms with Gasteiger partial charge in [-0.05, 0) is 38.7 Å². The molecule has 6 heteroatoms. The summed E-state index contributed by atoms with van der Waals surface area (Å²) in [5, 5.41) is 4.17. The second-order valence-electron chi connectivity index (χ2n) is 7.31. The lowest BCUT2D eigenvalue weighted by atomic mass is 9.59. The summed E-state index contributed by atoms with van der Waals surface area (Å²) in [5.74, 6) is -0.0660. The molecule has 25 heavy (non-hydrogen) atoms. The second kappa shape index (κ2) is 7.28. The van der Waals surface area contributed by atoms with Crippen molar-refractivity contribution >= 4 is 5.91 Å². The molecule has 138 valence electrons. The molecule has 0 saturated heterocycles. The van der Waals surface area contributed by atoms with Gasteiger partial charge in [0.1, 0.15) is 5.69 Å². The van der Waals surface area contributed by atoms with E-state index in [1.165, 1.54) is 23.6 Å². The summed E-state index contributed by atoms with van der Waals surface area (Å²) in [6.45, 7) is 5.58. The molecular weight excluding hydrogens is 318 g/mol. The maximum atomic E-state index is 13.1. The summed E-state index contributed by atoms with van der Waals surface area (Å²) in [5.41, 5.74) is 0.260. The first-order chi connectivity index (χ1) is 12.0. The zero-order valence-electron chi connectivity index (χ0n) is 15.5. The predicted octanol–water partition coefficient (Wildman–Crippen LogP) is 2.37. The van der Waals surface area contributed by atoms with Gasteiger partial charge in [0.15, 0.2) is 0 Å². The highest BCUT2D eigenvalue weighted by atomic mass is 16.5. The third kappa shape index (κ3) is 3.12. The maximum absolute atomic E-state index is 13.1. The monoisotopic (exact) mass is 347 g/mol. The van der Waals surface area contributed by atoms with Crippen LogP contribution in [0.1, 0.15) is 62.9 Å². The van der Waals surface area contributed by atoms with Gasteiger partial charge in [-0.3, -0.25) is 9.59 Å². The molecule has 0 bridgehead atoms. The molecule has 1 heterocycles. The Morgan fingerprint density at radius 3 is 2.68 bits per heavy atom. The van der Waals surface area contributed by atoms with Crippen molar-refractivity contribution in [1.82, 2.24) is 14.7 Å². The van der Waals surface area contributed by atoms with Crippen molar-refractivity contribution in [1.29, 1.82) is 0 Å². The fourth-order valence-corrected chi connectivity index (χ4v) is 4.69. The first kappa shape index (κ1) is 18.1. The molecule has 2 atom stereocenters. The van der Waals surface area contributed by atoms with Crippen LogP contribution in [0.4, 0.5) is 0 Å². The zero-order chi connectivity index (χ0) is 18.0. The molecule has 1 spiro atoms. The van der Waals surface area contributed by atoms with E-state index < -0.39 is 0 Å². The highest BCUT2D eigenvalue weighted by Crippen LogP contribution is 2.56. The summed E-state index contributed by atoms with van der Waals surface area (Å²) in [7, 11) is 1.58. The number of nitrogens with zero attached hydrogens (tertiary/aromatic N) is 3. The number of hydrogen-bond donors (Lipinski definition) is 0. The highest BCUT2D eigenvalue weighted by Gasteiger charge is 2.59. The molecule has 2 unspecified atom stereocenters. The van der Waals surface area contributed by atoms with Gasteiger partial charge in [-0.1, -0.05) is 19.8 Å². The van der Waals surface area contributed by atoms with Crippen molar-refractivity contribution in [2.75, 3.05) is 13.2 Å². The first-order valence-corrected chi connectivity index (χ1v) is 9.50. The minimum Gasteiger partial charge on any atom is -0.378 e. The molecule has 6 nitrogen and oxygen atoms in total. The van der Waals surface area contributed by atoms with Gasteiger partial charge < -0.3 is 9.64 Å². The number of rotatable bonds is 6. The van der Waals surface area contributed by atoms with Crippen molar-refractivity contribution in [3.8, 4) is 0 Å². The lowest BCUT2D eigenvalue weighted by molar-refractivity contribution is -0.156. The minimum absolute atomic E-state index is 0.0660. The molecule has 1 aromatic rings. The van der Waals surface area contributed by atoms with Crippen molar-refractivity contribution < 1.29 is 9.53 Å². The normalized spacial score (nSPS) is 24.3. The summed E-state index contributed by atoms with van der Waals surface area (Å²) < 4.78 is 7.22. The van der Waals surface area contributed by atoms with Crippen LogP contribution in [-0.4, -0.2) is 45.9 Å². The highest BCUT2D eigenvalue weighted by molar-refractivity contribution is 5.92. The van der Waals surface area contributed by atoms with Crippen LogP contribution in [0, 0.1) is 5.41 Å². The fourth-order valence-electron chi connectivity index (χ4n) is 4.69.